The van der Waals surface area contributed by atoms with E-state index >= 15 is 0 Å². The van der Waals surface area contributed by atoms with Gasteiger partial charge in [-0.05, 0) is 66.4 Å². The average Bonchev–Trinajstić information content (AvgIpc) is 3.54. The standard InChI is InChI=1S/C22H24ClN3O2/c1-26-20(25-10-2-3-18-14-28-18)13-19(15-8-11-24-12-9-15)21(22(26)27)16-4-6-17(23)7-5-16/h4-9,11-13,18,20-21,25H,2-3,10,14H2,1H3. The van der Waals surface area contributed by atoms with Crippen LogP contribution in [0.1, 0.15) is 29.9 Å². The molecular formula is C22H24ClN3O2. The quantitative estimate of drug-likeness (QED) is 0.574. The molecule has 3 heterocycles. The van der Waals surface area contributed by atoms with Crippen LogP contribution >= 0.6 is 11.6 Å². The number of likely N-dealkylation sites (N-methyl/N-ethyl adjacent to an activating group) is 1. The Morgan fingerprint density at radius 2 is 1.93 bits per heavy atom. The summed E-state index contributed by atoms with van der Waals surface area (Å²) in [6, 6.07) is 11.4. The summed E-state index contributed by atoms with van der Waals surface area (Å²) < 4.78 is 5.27. The molecule has 2 aliphatic heterocycles. The molecule has 6 heteroatoms. The highest BCUT2D eigenvalue weighted by molar-refractivity contribution is 6.30. The van der Waals surface area contributed by atoms with Crippen LogP contribution < -0.4 is 5.32 Å². The highest BCUT2D eigenvalue weighted by Gasteiger charge is 2.35. The Balaban J connectivity index is 1.62. The number of nitrogens with one attached hydrogen (secondary N) is 1. The predicted molar refractivity (Wildman–Crippen MR) is 110 cm³/mol. The smallest absolute Gasteiger partial charge is 0.235 e. The first-order valence-electron chi connectivity index (χ1n) is 9.63. The number of carbonyl (C=O) groups excluding carboxylic acids is 1. The summed E-state index contributed by atoms with van der Waals surface area (Å²) in [7, 11) is 1.85. The Kier molecular flexibility index (Phi) is 5.76. The Labute approximate surface area is 170 Å². The van der Waals surface area contributed by atoms with E-state index in [-0.39, 0.29) is 18.0 Å². The van der Waals surface area contributed by atoms with Crippen LogP contribution in [0, 0.1) is 0 Å². The van der Waals surface area contributed by atoms with Gasteiger partial charge in [0.2, 0.25) is 5.91 Å². The molecule has 4 rings (SSSR count). The molecule has 1 saturated heterocycles. The SMILES string of the molecule is CN1C(=O)C(c2ccc(Cl)cc2)C(c2ccncc2)=CC1NCCCC1CO1. The predicted octanol–water partition coefficient (Wildman–Crippen LogP) is 3.47. The monoisotopic (exact) mass is 397 g/mol. The second-order valence-electron chi connectivity index (χ2n) is 7.29. The molecule has 0 aliphatic carbocycles. The number of amides is 1. The average molecular weight is 398 g/mol. The van der Waals surface area contributed by atoms with Crippen LogP contribution in [-0.4, -0.2) is 48.3 Å². The van der Waals surface area contributed by atoms with E-state index in [9.17, 15) is 4.79 Å². The van der Waals surface area contributed by atoms with Gasteiger partial charge in [-0.3, -0.25) is 15.1 Å². The number of hydrogen-bond acceptors (Lipinski definition) is 4. The fourth-order valence-electron chi connectivity index (χ4n) is 3.65. The van der Waals surface area contributed by atoms with E-state index in [1.54, 1.807) is 17.3 Å². The summed E-state index contributed by atoms with van der Waals surface area (Å²) in [5.41, 5.74) is 2.94. The summed E-state index contributed by atoms with van der Waals surface area (Å²) in [4.78, 5) is 19.2. The molecule has 3 atom stereocenters. The summed E-state index contributed by atoms with van der Waals surface area (Å²) in [6.45, 7) is 1.73. The highest BCUT2D eigenvalue weighted by atomic mass is 35.5. The van der Waals surface area contributed by atoms with Crippen LogP contribution in [0.15, 0.2) is 54.9 Å². The van der Waals surface area contributed by atoms with Crippen molar-refractivity contribution in [1.29, 1.82) is 0 Å². The highest BCUT2D eigenvalue weighted by Crippen LogP contribution is 2.37. The molecular weight excluding hydrogens is 374 g/mol. The second-order valence-corrected chi connectivity index (χ2v) is 7.72. The zero-order valence-electron chi connectivity index (χ0n) is 15.8. The van der Waals surface area contributed by atoms with Gasteiger partial charge < -0.3 is 9.64 Å². The van der Waals surface area contributed by atoms with Crippen molar-refractivity contribution in [2.45, 2.75) is 31.0 Å². The van der Waals surface area contributed by atoms with Gasteiger partial charge in [-0.1, -0.05) is 23.7 Å². The minimum Gasteiger partial charge on any atom is -0.373 e. The zero-order chi connectivity index (χ0) is 19.5. The fraction of sp³-hybridized carbons (Fsp3) is 0.364. The number of hydrogen-bond donors (Lipinski definition) is 1. The van der Waals surface area contributed by atoms with E-state index < -0.39 is 0 Å². The van der Waals surface area contributed by atoms with Crippen molar-refractivity contribution in [2.75, 3.05) is 20.2 Å². The van der Waals surface area contributed by atoms with Crippen molar-refractivity contribution >= 4 is 23.1 Å². The maximum absolute atomic E-state index is 13.3. The third kappa shape index (κ3) is 4.27. The molecule has 1 aromatic carbocycles. The topological polar surface area (TPSA) is 57.8 Å². The number of pyridine rings is 1. The van der Waals surface area contributed by atoms with E-state index in [4.69, 9.17) is 16.3 Å². The van der Waals surface area contributed by atoms with Crippen LogP contribution in [0.3, 0.4) is 0 Å². The minimum absolute atomic E-state index is 0.0691. The first kappa shape index (κ1) is 19.1. The molecule has 3 unspecified atom stereocenters. The van der Waals surface area contributed by atoms with Crippen molar-refractivity contribution in [1.82, 2.24) is 15.2 Å². The number of epoxide rings is 1. The Hall–Kier alpha value is -2.21. The molecule has 2 aliphatic rings. The molecule has 0 bridgehead atoms. The van der Waals surface area contributed by atoms with Gasteiger partial charge in [0, 0.05) is 24.5 Å². The van der Waals surface area contributed by atoms with Gasteiger partial charge in [0.15, 0.2) is 0 Å². The van der Waals surface area contributed by atoms with Crippen molar-refractivity contribution in [3.63, 3.8) is 0 Å². The number of rotatable bonds is 7. The number of halogens is 1. The molecule has 1 aromatic heterocycles. The summed E-state index contributed by atoms with van der Waals surface area (Å²) in [5.74, 6) is -0.290. The number of carbonyl (C=O) groups is 1. The molecule has 28 heavy (non-hydrogen) atoms. The van der Waals surface area contributed by atoms with Gasteiger partial charge in [0.1, 0.15) is 6.17 Å². The van der Waals surface area contributed by atoms with E-state index in [1.165, 1.54) is 0 Å². The van der Waals surface area contributed by atoms with Crippen molar-refractivity contribution in [3.8, 4) is 0 Å². The molecule has 0 radical (unpaired) electrons. The first-order valence-corrected chi connectivity index (χ1v) is 10.0. The van der Waals surface area contributed by atoms with Gasteiger partial charge >= 0.3 is 0 Å². The fourth-order valence-corrected chi connectivity index (χ4v) is 3.77. The van der Waals surface area contributed by atoms with Gasteiger partial charge in [0.05, 0.1) is 18.6 Å². The van der Waals surface area contributed by atoms with Gasteiger partial charge in [0.25, 0.3) is 0 Å². The van der Waals surface area contributed by atoms with Crippen LogP contribution in [-0.2, 0) is 9.53 Å². The Morgan fingerprint density at radius 3 is 2.61 bits per heavy atom. The maximum atomic E-state index is 13.3. The summed E-state index contributed by atoms with van der Waals surface area (Å²) in [5, 5.41) is 4.16. The van der Waals surface area contributed by atoms with Crippen molar-refractivity contribution < 1.29 is 9.53 Å². The first-order chi connectivity index (χ1) is 13.6. The van der Waals surface area contributed by atoms with Gasteiger partial charge in [-0.25, -0.2) is 0 Å². The largest absolute Gasteiger partial charge is 0.373 e. The molecule has 0 spiro atoms. The van der Waals surface area contributed by atoms with Gasteiger partial charge in [-0.2, -0.15) is 0 Å². The molecule has 146 valence electrons. The number of nitrogens with zero attached hydrogens (tertiary/aromatic N) is 2. The minimum atomic E-state index is -0.359. The van der Waals surface area contributed by atoms with E-state index in [0.29, 0.717) is 11.1 Å². The lowest BCUT2D eigenvalue weighted by Gasteiger charge is -2.37. The lowest BCUT2D eigenvalue weighted by atomic mass is 9.83. The Bertz CT molecular complexity index is 850. The number of aromatic nitrogens is 1. The van der Waals surface area contributed by atoms with E-state index in [0.717, 1.165) is 42.7 Å². The maximum Gasteiger partial charge on any atom is 0.235 e. The molecule has 1 amide bonds. The lowest BCUT2D eigenvalue weighted by molar-refractivity contribution is -0.132. The van der Waals surface area contributed by atoms with Gasteiger partial charge in [-0.15, -0.1) is 0 Å². The lowest BCUT2D eigenvalue weighted by Crippen LogP contribution is -2.50. The zero-order valence-corrected chi connectivity index (χ0v) is 16.6. The molecule has 2 aromatic rings. The third-order valence-electron chi connectivity index (χ3n) is 5.34. The molecule has 1 N–H and O–H groups in total. The van der Waals surface area contributed by atoms with Crippen molar-refractivity contribution in [2.24, 2.45) is 0 Å². The van der Waals surface area contributed by atoms with Crippen molar-refractivity contribution in [3.05, 3.63) is 71.0 Å². The molecule has 1 fully saturated rings. The van der Waals surface area contributed by atoms with Crippen LogP contribution in [0.4, 0.5) is 0 Å². The van der Waals surface area contributed by atoms with Crippen LogP contribution in [0.25, 0.3) is 5.57 Å². The normalized spacial score (nSPS) is 24.2. The van der Waals surface area contributed by atoms with E-state index in [1.807, 2.05) is 43.4 Å². The summed E-state index contributed by atoms with van der Waals surface area (Å²) in [6.07, 6.45) is 8.06. The van der Waals surface area contributed by atoms with Crippen LogP contribution in [0.2, 0.25) is 5.02 Å². The van der Waals surface area contributed by atoms with Crippen LogP contribution in [0.5, 0.6) is 0 Å². The Morgan fingerprint density at radius 1 is 1.21 bits per heavy atom. The van der Waals surface area contributed by atoms with E-state index in [2.05, 4.69) is 16.4 Å². The third-order valence-corrected chi connectivity index (χ3v) is 5.59. The second kappa shape index (κ2) is 8.43. The summed E-state index contributed by atoms with van der Waals surface area (Å²) >= 11 is 6.05. The molecule has 0 saturated carbocycles. The number of ether oxygens (including phenoxy) is 1. The molecule has 5 nitrogen and oxygen atoms in total. The number of benzene rings is 1.